The lowest BCUT2D eigenvalue weighted by Crippen LogP contribution is -2.30. The van der Waals surface area contributed by atoms with Gasteiger partial charge in [-0.25, -0.2) is 15.8 Å². The second-order valence-electron chi connectivity index (χ2n) is 4.77. The number of rotatable bonds is 5. The van der Waals surface area contributed by atoms with Crippen LogP contribution in [-0.4, -0.2) is 29.3 Å². The summed E-state index contributed by atoms with van der Waals surface area (Å²) < 4.78 is 11.4. The number of aromatic nitrogens is 2. The van der Waals surface area contributed by atoms with Crippen molar-refractivity contribution in [3.8, 4) is 5.88 Å². The summed E-state index contributed by atoms with van der Waals surface area (Å²) in [5.41, 5.74) is 3.51. The first-order valence-electron chi connectivity index (χ1n) is 6.78. The smallest absolute Gasteiger partial charge is 0.222 e. The molecule has 106 valence electrons. The van der Waals surface area contributed by atoms with Crippen LogP contribution in [0.3, 0.4) is 0 Å². The van der Waals surface area contributed by atoms with Crippen molar-refractivity contribution in [2.45, 2.75) is 51.2 Å². The van der Waals surface area contributed by atoms with Gasteiger partial charge >= 0.3 is 0 Å². The number of hydrogen-bond acceptors (Lipinski definition) is 6. The first-order chi connectivity index (χ1) is 9.28. The van der Waals surface area contributed by atoms with Crippen LogP contribution < -0.4 is 16.0 Å². The van der Waals surface area contributed by atoms with E-state index in [4.69, 9.17) is 15.3 Å². The maximum Gasteiger partial charge on any atom is 0.222 e. The number of hydrogen-bond donors (Lipinski definition) is 2. The molecule has 6 heteroatoms. The highest BCUT2D eigenvalue weighted by Crippen LogP contribution is 2.28. The average molecular weight is 266 g/mol. The van der Waals surface area contributed by atoms with Crippen LogP contribution in [0.5, 0.6) is 5.88 Å². The van der Waals surface area contributed by atoms with Crippen molar-refractivity contribution in [1.29, 1.82) is 0 Å². The fourth-order valence-electron chi connectivity index (χ4n) is 2.52. The molecule has 0 radical (unpaired) electrons. The number of ether oxygens (including phenoxy) is 2. The molecule has 0 bridgehead atoms. The van der Waals surface area contributed by atoms with E-state index in [1.807, 2.05) is 6.92 Å². The predicted molar refractivity (Wildman–Crippen MR) is 72.9 cm³/mol. The summed E-state index contributed by atoms with van der Waals surface area (Å²) in [4.78, 5) is 8.33. The number of nitrogens with zero attached hydrogens (tertiary/aromatic N) is 2. The summed E-state index contributed by atoms with van der Waals surface area (Å²) in [6.45, 7) is 2.03. The van der Waals surface area contributed by atoms with E-state index >= 15 is 0 Å². The Morgan fingerprint density at radius 2 is 2.16 bits per heavy atom. The summed E-state index contributed by atoms with van der Waals surface area (Å²) in [6.07, 6.45) is 6.88. The molecule has 2 rings (SSSR count). The lowest BCUT2D eigenvalue weighted by atomic mass is 9.95. The summed E-state index contributed by atoms with van der Waals surface area (Å²) in [7, 11) is 1.76. The third-order valence-corrected chi connectivity index (χ3v) is 3.59. The molecule has 19 heavy (non-hydrogen) atoms. The van der Waals surface area contributed by atoms with Crippen molar-refractivity contribution < 1.29 is 9.47 Å². The van der Waals surface area contributed by atoms with Gasteiger partial charge in [-0.05, 0) is 25.7 Å². The van der Waals surface area contributed by atoms with Crippen molar-refractivity contribution in [3.63, 3.8) is 0 Å². The van der Waals surface area contributed by atoms with Crippen LogP contribution in [0, 0.1) is 0 Å². The van der Waals surface area contributed by atoms with E-state index in [1.165, 1.54) is 6.33 Å². The molecule has 3 N–H and O–H groups in total. The fraction of sp³-hybridized carbons (Fsp3) is 0.692. The molecule has 1 aromatic heterocycles. The van der Waals surface area contributed by atoms with Crippen LogP contribution in [0.4, 0.5) is 5.82 Å². The highest BCUT2D eigenvalue weighted by atomic mass is 16.5. The zero-order valence-electron chi connectivity index (χ0n) is 11.6. The Kier molecular flexibility index (Phi) is 4.93. The molecule has 0 amide bonds. The van der Waals surface area contributed by atoms with Crippen LogP contribution in [0.2, 0.25) is 0 Å². The molecule has 0 aliphatic heterocycles. The Morgan fingerprint density at radius 1 is 1.37 bits per heavy atom. The molecular weight excluding hydrogens is 244 g/mol. The summed E-state index contributed by atoms with van der Waals surface area (Å²) >= 11 is 0. The van der Waals surface area contributed by atoms with Crippen molar-refractivity contribution in [1.82, 2.24) is 9.97 Å². The number of nitrogen functional groups attached to an aromatic ring is 1. The quantitative estimate of drug-likeness (QED) is 0.623. The lowest BCUT2D eigenvalue weighted by molar-refractivity contribution is 0.0192. The monoisotopic (exact) mass is 266 g/mol. The summed E-state index contributed by atoms with van der Waals surface area (Å²) in [5, 5.41) is 0. The third-order valence-electron chi connectivity index (χ3n) is 3.59. The Morgan fingerprint density at radius 3 is 2.84 bits per heavy atom. The van der Waals surface area contributed by atoms with Crippen LogP contribution in [0.15, 0.2) is 6.33 Å². The van der Waals surface area contributed by atoms with Gasteiger partial charge in [0, 0.05) is 13.5 Å². The van der Waals surface area contributed by atoms with Gasteiger partial charge in [0.2, 0.25) is 5.88 Å². The molecule has 1 fully saturated rings. The Hall–Kier alpha value is -1.40. The molecule has 1 aliphatic carbocycles. The SMILES string of the molecule is CCc1c(NN)ncnc1OC1CCCC(OC)C1. The Bertz CT molecular complexity index is 414. The topological polar surface area (TPSA) is 82.3 Å². The highest BCUT2D eigenvalue weighted by Gasteiger charge is 2.24. The first-order valence-corrected chi connectivity index (χ1v) is 6.78. The van der Waals surface area contributed by atoms with E-state index in [9.17, 15) is 0 Å². The van der Waals surface area contributed by atoms with E-state index in [0.717, 1.165) is 37.7 Å². The van der Waals surface area contributed by atoms with Crippen LogP contribution in [0.25, 0.3) is 0 Å². The van der Waals surface area contributed by atoms with Crippen molar-refractivity contribution >= 4 is 5.82 Å². The number of anilines is 1. The van der Waals surface area contributed by atoms with Gasteiger partial charge in [-0.1, -0.05) is 6.92 Å². The minimum Gasteiger partial charge on any atom is -0.474 e. The molecular formula is C13H22N4O2. The maximum atomic E-state index is 6.03. The number of nitrogens with two attached hydrogens (primary N) is 1. The van der Waals surface area contributed by atoms with Gasteiger partial charge in [-0.2, -0.15) is 0 Å². The van der Waals surface area contributed by atoms with Gasteiger partial charge in [0.1, 0.15) is 18.2 Å². The number of nitrogens with one attached hydrogen (secondary N) is 1. The van der Waals surface area contributed by atoms with Gasteiger partial charge in [-0.3, -0.25) is 0 Å². The molecule has 1 aromatic rings. The van der Waals surface area contributed by atoms with Crippen LogP contribution in [-0.2, 0) is 11.2 Å². The fourth-order valence-corrected chi connectivity index (χ4v) is 2.52. The van der Waals surface area contributed by atoms with Gasteiger partial charge in [0.25, 0.3) is 0 Å². The van der Waals surface area contributed by atoms with Crippen LogP contribution in [0.1, 0.15) is 38.2 Å². The summed E-state index contributed by atoms with van der Waals surface area (Å²) in [6, 6.07) is 0. The van der Waals surface area contributed by atoms with Crippen molar-refractivity contribution in [3.05, 3.63) is 11.9 Å². The minimum absolute atomic E-state index is 0.157. The second kappa shape index (κ2) is 6.68. The molecule has 1 heterocycles. The number of methoxy groups -OCH3 is 1. The largest absolute Gasteiger partial charge is 0.474 e. The first kappa shape index (κ1) is 14.0. The van der Waals surface area contributed by atoms with Crippen LogP contribution >= 0.6 is 0 Å². The molecule has 0 saturated heterocycles. The zero-order valence-corrected chi connectivity index (χ0v) is 11.6. The van der Waals surface area contributed by atoms with Gasteiger partial charge in [-0.15, -0.1) is 0 Å². The van der Waals surface area contributed by atoms with E-state index in [0.29, 0.717) is 11.7 Å². The van der Waals surface area contributed by atoms with E-state index in [2.05, 4.69) is 15.4 Å². The standard InChI is InChI=1S/C13H22N4O2/c1-3-11-12(17-14)15-8-16-13(11)19-10-6-4-5-9(7-10)18-2/h8-10H,3-7,14H2,1-2H3,(H,15,16,17). The molecule has 2 atom stereocenters. The van der Waals surface area contributed by atoms with E-state index in [-0.39, 0.29) is 12.2 Å². The Labute approximate surface area is 113 Å². The summed E-state index contributed by atoms with van der Waals surface area (Å²) in [5.74, 6) is 6.72. The molecule has 1 saturated carbocycles. The highest BCUT2D eigenvalue weighted by molar-refractivity contribution is 5.47. The van der Waals surface area contributed by atoms with E-state index < -0.39 is 0 Å². The molecule has 2 unspecified atom stereocenters. The zero-order chi connectivity index (χ0) is 13.7. The van der Waals surface area contributed by atoms with Gasteiger partial charge in [0.05, 0.1) is 11.7 Å². The normalized spacial score (nSPS) is 23.1. The lowest BCUT2D eigenvalue weighted by Gasteiger charge is -2.28. The third kappa shape index (κ3) is 3.33. The van der Waals surface area contributed by atoms with Gasteiger partial charge < -0.3 is 14.9 Å². The van der Waals surface area contributed by atoms with Crippen molar-refractivity contribution in [2.24, 2.45) is 5.84 Å². The minimum atomic E-state index is 0.157. The van der Waals surface area contributed by atoms with Gasteiger partial charge in [0.15, 0.2) is 0 Å². The molecule has 0 aromatic carbocycles. The van der Waals surface area contributed by atoms with E-state index in [1.54, 1.807) is 7.11 Å². The van der Waals surface area contributed by atoms with Crippen molar-refractivity contribution in [2.75, 3.05) is 12.5 Å². The average Bonchev–Trinajstić information content (AvgIpc) is 2.47. The molecule has 1 aliphatic rings. The second-order valence-corrected chi connectivity index (χ2v) is 4.77. The molecule has 0 spiro atoms. The molecule has 6 nitrogen and oxygen atoms in total. The predicted octanol–water partition coefficient (Wildman–Crippen LogP) is 1.66. The maximum absolute atomic E-state index is 6.03. The Balaban J connectivity index is 2.10. The number of hydrazine groups is 1.